The molecule has 3 aromatic carbocycles. The van der Waals surface area contributed by atoms with Crippen molar-refractivity contribution in [3.8, 4) is 11.5 Å². The summed E-state index contributed by atoms with van der Waals surface area (Å²) in [6.07, 6.45) is 1.58. The first-order chi connectivity index (χ1) is 15.5. The molecule has 0 aliphatic heterocycles. The van der Waals surface area contributed by atoms with E-state index in [9.17, 15) is 4.79 Å². The highest BCUT2D eigenvalue weighted by Gasteiger charge is 2.09. The summed E-state index contributed by atoms with van der Waals surface area (Å²) >= 11 is 12.1. The van der Waals surface area contributed by atoms with Crippen LogP contribution in [0, 0.1) is 6.92 Å². The number of methoxy groups -OCH3 is 1. The van der Waals surface area contributed by atoms with Gasteiger partial charge in [-0.15, -0.1) is 0 Å². The first kappa shape index (κ1) is 21.9. The van der Waals surface area contributed by atoms with Crippen LogP contribution in [0.3, 0.4) is 0 Å². The van der Waals surface area contributed by atoms with Gasteiger partial charge in [-0.1, -0.05) is 41.4 Å². The van der Waals surface area contributed by atoms with Crippen molar-refractivity contribution in [2.45, 2.75) is 13.5 Å². The summed E-state index contributed by atoms with van der Waals surface area (Å²) in [6.45, 7) is 2.00. The van der Waals surface area contributed by atoms with E-state index in [1.807, 2.05) is 18.2 Å². The smallest absolute Gasteiger partial charge is 0.282 e. The summed E-state index contributed by atoms with van der Waals surface area (Å²) < 4.78 is 12.6. The van der Waals surface area contributed by atoms with Crippen LogP contribution in [0.1, 0.15) is 17.0 Å². The standard InChI is InChI=1S/C24H19Cl2N3O3/c1-15-28-21-6-4-3-5-19(21)24(30)29(15)27-13-16-7-10-22(23(11-16)31-2)32-14-17-8-9-18(25)12-20(17)26/h3-13H,14H2,1-2H3. The van der Waals surface area contributed by atoms with Gasteiger partial charge in [-0.2, -0.15) is 9.78 Å². The number of para-hydroxylation sites is 1. The molecular formula is C24H19Cl2N3O3. The summed E-state index contributed by atoms with van der Waals surface area (Å²) in [5.41, 5.74) is 1.96. The van der Waals surface area contributed by atoms with Crippen LogP contribution in [0.5, 0.6) is 11.5 Å². The molecular weight excluding hydrogens is 449 g/mol. The van der Waals surface area contributed by atoms with E-state index in [1.54, 1.807) is 62.7 Å². The fourth-order valence-electron chi connectivity index (χ4n) is 3.17. The van der Waals surface area contributed by atoms with Gasteiger partial charge < -0.3 is 9.47 Å². The summed E-state index contributed by atoms with van der Waals surface area (Å²) in [4.78, 5) is 17.2. The summed E-state index contributed by atoms with van der Waals surface area (Å²) in [6, 6.07) is 17.8. The van der Waals surface area contributed by atoms with Crippen LogP contribution in [-0.2, 0) is 6.61 Å². The van der Waals surface area contributed by atoms with Crippen molar-refractivity contribution < 1.29 is 9.47 Å². The highest BCUT2D eigenvalue weighted by atomic mass is 35.5. The Morgan fingerprint density at radius 3 is 2.66 bits per heavy atom. The van der Waals surface area contributed by atoms with Crippen molar-refractivity contribution in [1.29, 1.82) is 0 Å². The number of nitrogens with zero attached hydrogens (tertiary/aromatic N) is 3. The van der Waals surface area contributed by atoms with Crippen LogP contribution in [0.4, 0.5) is 0 Å². The van der Waals surface area contributed by atoms with Crippen LogP contribution >= 0.6 is 23.2 Å². The maximum atomic E-state index is 12.8. The number of hydrogen-bond donors (Lipinski definition) is 0. The van der Waals surface area contributed by atoms with Gasteiger partial charge in [0.25, 0.3) is 5.56 Å². The van der Waals surface area contributed by atoms with Gasteiger partial charge in [-0.3, -0.25) is 4.79 Å². The average molecular weight is 468 g/mol. The lowest BCUT2D eigenvalue weighted by Gasteiger charge is -2.12. The molecule has 0 unspecified atom stereocenters. The zero-order valence-electron chi connectivity index (χ0n) is 17.4. The van der Waals surface area contributed by atoms with E-state index in [4.69, 9.17) is 32.7 Å². The summed E-state index contributed by atoms with van der Waals surface area (Å²) in [5.74, 6) is 1.58. The number of aromatic nitrogens is 2. The predicted molar refractivity (Wildman–Crippen MR) is 128 cm³/mol. The van der Waals surface area contributed by atoms with Crippen molar-refractivity contribution in [1.82, 2.24) is 9.66 Å². The minimum absolute atomic E-state index is 0.226. The zero-order valence-corrected chi connectivity index (χ0v) is 18.9. The van der Waals surface area contributed by atoms with Gasteiger partial charge in [0, 0.05) is 15.6 Å². The molecule has 1 heterocycles. The Bertz CT molecular complexity index is 1380. The Morgan fingerprint density at radius 1 is 1.06 bits per heavy atom. The number of halogens is 2. The van der Waals surface area contributed by atoms with Gasteiger partial charge in [0.1, 0.15) is 12.4 Å². The lowest BCUT2D eigenvalue weighted by Crippen LogP contribution is -2.20. The largest absolute Gasteiger partial charge is 0.493 e. The van der Waals surface area contributed by atoms with Crippen LogP contribution in [-0.4, -0.2) is 23.0 Å². The Morgan fingerprint density at radius 2 is 1.88 bits per heavy atom. The van der Waals surface area contributed by atoms with E-state index >= 15 is 0 Å². The number of fused-ring (bicyclic) bond motifs is 1. The SMILES string of the molecule is COc1cc(C=Nn2c(C)nc3ccccc3c2=O)ccc1OCc1ccc(Cl)cc1Cl. The van der Waals surface area contributed by atoms with Gasteiger partial charge in [-0.05, 0) is 55.0 Å². The van der Waals surface area contributed by atoms with Crippen molar-refractivity contribution in [2.75, 3.05) is 7.11 Å². The number of hydrogen-bond acceptors (Lipinski definition) is 5. The normalized spacial score (nSPS) is 11.2. The minimum atomic E-state index is -0.226. The molecule has 1 aromatic heterocycles. The molecule has 4 rings (SSSR count). The van der Waals surface area contributed by atoms with Gasteiger partial charge in [0.15, 0.2) is 11.5 Å². The molecule has 6 nitrogen and oxygen atoms in total. The predicted octanol–water partition coefficient (Wildman–Crippen LogP) is 5.48. The number of aryl methyl sites for hydroxylation is 1. The highest BCUT2D eigenvalue weighted by molar-refractivity contribution is 6.35. The molecule has 0 spiro atoms. The van der Waals surface area contributed by atoms with Gasteiger partial charge in [-0.25, -0.2) is 4.98 Å². The van der Waals surface area contributed by atoms with Gasteiger partial charge in [0.2, 0.25) is 0 Å². The van der Waals surface area contributed by atoms with E-state index in [0.717, 1.165) is 11.1 Å². The topological polar surface area (TPSA) is 65.7 Å². The molecule has 0 aliphatic carbocycles. The molecule has 0 bridgehead atoms. The maximum absolute atomic E-state index is 12.8. The molecule has 0 N–H and O–H groups in total. The quantitative estimate of drug-likeness (QED) is 0.352. The fourth-order valence-corrected chi connectivity index (χ4v) is 3.64. The van der Waals surface area contributed by atoms with Crippen molar-refractivity contribution >= 4 is 40.3 Å². The summed E-state index contributed by atoms with van der Waals surface area (Å²) in [7, 11) is 1.56. The maximum Gasteiger partial charge on any atom is 0.282 e. The first-order valence-electron chi connectivity index (χ1n) is 9.74. The minimum Gasteiger partial charge on any atom is -0.493 e. The van der Waals surface area contributed by atoms with Crippen LogP contribution in [0.15, 0.2) is 70.6 Å². The monoisotopic (exact) mass is 467 g/mol. The third-order valence-corrected chi connectivity index (χ3v) is 5.41. The van der Waals surface area contributed by atoms with E-state index in [0.29, 0.717) is 38.3 Å². The molecule has 0 aliphatic rings. The summed E-state index contributed by atoms with van der Waals surface area (Å²) in [5, 5.41) is 5.94. The van der Waals surface area contributed by atoms with Gasteiger partial charge in [0.05, 0.1) is 24.2 Å². The van der Waals surface area contributed by atoms with E-state index in [2.05, 4.69) is 10.1 Å². The van der Waals surface area contributed by atoms with Crippen molar-refractivity contribution in [3.63, 3.8) is 0 Å². The second-order valence-corrected chi connectivity index (χ2v) is 7.82. The lowest BCUT2D eigenvalue weighted by atomic mass is 10.2. The Balaban J connectivity index is 1.57. The molecule has 0 atom stereocenters. The second kappa shape index (κ2) is 9.42. The van der Waals surface area contributed by atoms with E-state index < -0.39 is 0 Å². The molecule has 0 saturated heterocycles. The third kappa shape index (κ3) is 4.61. The third-order valence-electron chi connectivity index (χ3n) is 4.82. The molecule has 4 aromatic rings. The van der Waals surface area contributed by atoms with Crippen molar-refractivity contribution in [3.05, 3.63) is 98.0 Å². The zero-order chi connectivity index (χ0) is 22.7. The van der Waals surface area contributed by atoms with Crippen LogP contribution < -0.4 is 15.0 Å². The second-order valence-electron chi connectivity index (χ2n) is 6.97. The van der Waals surface area contributed by atoms with Gasteiger partial charge >= 0.3 is 0 Å². The first-order valence-corrected chi connectivity index (χ1v) is 10.5. The molecule has 32 heavy (non-hydrogen) atoms. The molecule has 0 fully saturated rings. The average Bonchev–Trinajstić information content (AvgIpc) is 2.78. The molecule has 0 radical (unpaired) electrons. The number of benzene rings is 3. The fraction of sp³-hybridized carbons (Fsp3) is 0.125. The number of rotatable bonds is 6. The molecule has 8 heteroatoms. The Kier molecular flexibility index (Phi) is 6.44. The Labute approximate surface area is 194 Å². The van der Waals surface area contributed by atoms with E-state index in [-0.39, 0.29) is 12.2 Å². The lowest BCUT2D eigenvalue weighted by molar-refractivity contribution is 0.284. The van der Waals surface area contributed by atoms with Crippen LogP contribution in [0.2, 0.25) is 10.0 Å². The van der Waals surface area contributed by atoms with Crippen molar-refractivity contribution in [2.24, 2.45) is 5.10 Å². The number of ether oxygens (including phenoxy) is 2. The molecule has 0 amide bonds. The van der Waals surface area contributed by atoms with Crippen LogP contribution in [0.25, 0.3) is 10.9 Å². The molecule has 162 valence electrons. The Hall–Kier alpha value is -3.35. The highest BCUT2D eigenvalue weighted by Crippen LogP contribution is 2.30. The van der Waals surface area contributed by atoms with E-state index in [1.165, 1.54) is 4.68 Å². The molecule has 0 saturated carbocycles.